The summed E-state index contributed by atoms with van der Waals surface area (Å²) in [6.45, 7) is 5.34. The Morgan fingerprint density at radius 2 is 1.75 bits per heavy atom. The normalized spacial score (nSPS) is 19.3. The van der Waals surface area contributed by atoms with Gasteiger partial charge in [-0.1, -0.05) is 6.07 Å². The number of hydrogen-bond acceptors (Lipinski definition) is 5. The molecule has 3 aromatic rings. The van der Waals surface area contributed by atoms with E-state index in [0.29, 0.717) is 28.3 Å². The molecule has 1 spiro atoms. The highest BCUT2D eigenvalue weighted by atomic mass is 19.1. The Kier molecular flexibility index (Phi) is 4.94. The highest BCUT2D eigenvalue weighted by molar-refractivity contribution is 5.75. The lowest BCUT2D eigenvalue weighted by atomic mass is 9.67. The molecule has 1 aromatic heterocycles. The lowest BCUT2D eigenvalue weighted by molar-refractivity contribution is 0.0172. The van der Waals surface area contributed by atoms with Gasteiger partial charge in [0.2, 0.25) is 0 Å². The van der Waals surface area contributed by atoms with Crippen LogP contribution in [0.25, 0.3) is 11.1 Å². The number of rotatable bonds is 5. The third kappa shape index (κ3) is 3.53. The number of hydrogen-bond donors (Lipinski definition) is 2. The summed E-state index contributed by atoms with van der Waals surface area (Å²) in [5.41, 5.74) is -0.247. The minimum absolute atomic E-state index is 0.0109. The maximum atomic E-state index is 14.9. The number of benzene rings is 2. The molecule has 8 heteroatoms. The van der Waals surface area contributed by atoms with Crippen molar-refractivity contribution in [1.82, 2.24) is 20.6 Å². The summed E-state index contributed by atoms with van der Waals surface area (Å²) in [6.07, 6.45) is 3.04. The van der Waals surface area contributed by atoms with E-state index in [1.165, 1.54) is 50.5 Å². The van der Waals surface area contributed by atoms with E-state index in [2.05, 4.69) is 20.6 Å². The molecule has 2 saturated heterocycles. The molecule has 2 aliphatic heterocycles. The average Bonchev–Trinajstić information content (AvgIpc) is 2.68. The lowest BCUT2D eigenvalue weighted by Crippen LogP contribution is -2.71. The average molecular weight is 440 g/mol. The van der Waals surface area contributed by atoms with Gasteiger partial charge in [-0.25, -0.2) is 23.1 Å². The van der Waals surface area contributed by atoms with Crippen LogP contribution in [0.4, 0.5) is 13.2 Å². The van der Waals surface area contributed by atoms with Crippen LogP contribution < -0.4 is 15.4 Å². The minimum Gasteiger partial charge on any atom is -0.453 e. The van der Waals surface area contributed by atoms with E-state index in [9.17, 15) is 13.2 Å². The summed E-state index contributed by atoms with van der Waals surface area (Å²) in [5, 5.41) is 6.71. The molecule has 5 rings (SSSR count). The largest absolute Gasteiger partial charge is 0.453 e. The Labute approximate surface area is 184 Å². The topological polar surface area (TPSA) is 59.1 Å². The van der Waals surface area contributed by atoms with Gasteiger partial charge >= 0.3 is 0 Å². The van der Waals surface area contributed by atoms with Crippen LogP contribution in [-0.2, 0) is 5.67 Å². The second kappa shape index (κ2) is 7.56. The molecule has 2 N–H and O–H groups in total. The fraction of sp³-hybridized carbons (Fsp3) is 0.333. The van der Waals surface area contributed by atoms with Gasteiger partial charge in [0.05, 0.1) is 12.2 Å². The van der Waals surface area contributed by atoms with Crippen LogP contribution in [0.15, 0.2) is 48.9 Å². The first-order valence-electron chi connectivity index (χ1n) is 10.5. The van der Waals surface area contributed by atoms with Crippen LogP contribution in [0, 0.1) is 17.0 Å². The minimum atomic E-state index is -1.85. The maximum Gasteiger partial charge on any atom is 0.168 e. The fourth-order valence-corrected chi connectivity index (χ4v) is 4.44. The Bertz CT molecular complexity index is 1170. The highest BCUT2D eigenvalue weighted by Gasteiger charge is 2.53. The van der Waals surface area contributed by atoms with Crippen molar-refractivity contribution in [3.05, 3.63) is 71.8 Å². The van der Waals surface area contributed by atoms with Crippen molar-refractivity contribution >= 4 is 0 Å². The van der Waals surface area contributed by atoms with Gasteiger partial charge in [0.1, 0.15) is 35.1 Å². The van der Waals surface area contributed by atoms with E-state index < -0.39 is 17.3 Å². The molecule has 0 saturated carbocycles. The molecule has 166 valence electrons. The van der Waals surface area contributed by atoms with Crippen LogP contribution in [0.2, 0.25) is 0 Å². The van der Waals surface area contributed by atoms with Gasteiger partial charge in [-0.05, 0) is 55.3 Å². The summed E-state index contributed by atoms with van der Waals surface area (Å²) in [7, 11) is 0. The van der Waals surface area contributed by atoms with E-state index in [1.807, 2.05) is 0 Å². The van der Waals surface area contributed by atoms with Gasteiger partial charge in [-0.3, -0.25) is 0 Å². The van der Waals surface area contributed by atoms with Gasteiger partial charge in [0, 0.05) is 30.6 Å². The van der Waals surface area contributed by atoms with E-state index in [1.54, 1.807) is 6.20 Å². The van der Waals surface area contributed by atoms with Crippen molar-refractivity contribution in [2.24, 2.45) is 5.41 Å². The van der Waals surface area contributed by atoms with Crippen molar-refractivity contribution in [3.8, 4) is 22.6 Å². The number of nitrogens with one attached hydrogen (secondary N) is 2. The summed E-state index contributed by atoms with van der Waals surface area (Å²) >= 11 is 0. The zero-order chi connectivity index (χ0) is 22.5. The van der Waals surface area contributed by atoms with Crippen LogP contribution >= 0.6 is 0 Å². The lowest BCUT2D eigenvalue weighted by Gasteiger charge is -2.56. The third-order valence-electron chi connectivity index (χ3n) is 6.28. The first-order chi connectivity index (χ1) is 15.3. The molecule has 2 fully saturated rings. The van der Waals surface area contributed by atoms with Gasteiger partial charge in [-0.2, -0.15) is 0 Å². The van der Waals surface area contributed by atoms with Crippen LogP contribution in [0.3, 0.4) is 0 Å². The number of nitrogens with zero attached hydrogens (tertiary/aromatic N) is 2. The Hall–Kier alpha value is -2.97. The van der Waals surface area contributed by atoms with Crippen LogP contribution in [0.5, 0.6) is 11.5 Å². The number of ether oxygens (including phenoxy) is 1. The molecule has 0 bridgehead atoms. The molecular weight excluding hydrogens is 417 g/mol. The highest BCUT2D eigenvalue weighted by Crippen LogP contribution is 2.47. The van der Waals surface area contributed by atoms with Crippen molar-refractivity contribution in [2.45, 2.75) is 25.6 Å². The summed E-state index contributed by atoms with van der Waals surface area (Å²) in [5.74, 6) is -0.335. The van der Waals surface area contributed by atoms with Crippen LogP contribution in [-0.4, -0.2) is 29.6 Å². The molecule has 1 atom stereocenters. The first-order valence-corrected chi connectivity index (χ1v) is 10.5. The molecule has 3 heterocycles. The molecule has 2 aromatic carbocycles. The molecule has 0 aliphatic carbocycles. The monoisotopic (exact) mass is 440 g/mol. The molecule has 1 unspecified atom stereocenters. The Morgan fingerprint density at radius 3 is 2.41 bits per heavy atom. The fourth-order valence-electron chi connectivity index (χ4n) is 4.44. The molecule has 0 amide bonds. The standard InChI is InChI=1S/C24H23F3N4O/c1-23(2,27)18-8-15(26)3-5-16(18)17-7-14(25)4-6-19(17)32-20-9-28-13-31-21(20)22-24(12-30-22)10-29-11-24/h3-9,13,22,29-30H,10-12H2,1-2H3. The number of alkyl halides is 1. The zero-order valence-corrected chi connectivity index (χ0v) is 17.8. The van der Waals surface area contributed by atoms with Gasteiger partial charge in [0.25, 0.3) is 0 Å². The third-order valence-corrected chi connectivity index (χ3v) is 6.28. The van der Waals surface area contributed by atoms with Gasteiger partial charge in [-0.15, -0.1) is 0 Å². The molecule has 5 nitrogen and oxygen atoms in total. The SMILES string of the molecule is CC(C)(F)c1cc(F)ccc1-c1cc(F)ccc1Oc1cncnc1C1NCC12CNC2. The predicted molar refractivity (Wildman–Crippen MR) is 114 cm³/mol. The maximum absolute atomic E-state index is 14.9. The van der Waals surface area contributed by atoms with E-state index in [-0.39, 0.29) is 17.0 Å². The first kappa shape index (κ1) is 20.9. The molecule has 2 aliphatic rings. The van der Waals surface area contributed by atoms with Gasteiger partial charge < -0.3 is 15.4 Å². The zero-order valence-electron chi connectivity index (χ0n) is 17.8. The van der Waals surface area contributed by atoms with Crippen molar-refractivity contribution in [1.29, 1.82) is 0 Å². The number of halogens is 3. The molecule has 0 radical (unpaired) electrons. The van der Waals surface area contributed by atoms with Crippen molar-refractivity contribution in [2.75, 3.05) is 19.6 Å². The van der Waals surface area contributed by atoms with Gasteiger partial charge in [0.15, 0.2) is 5.75 Å². The second-order valence-corrected chi connectivity index (χ2v) is 8.96. The predicted octanol–water partition coefficient (Wildman–Crippen LogP) is 4.65. The van der Waals surface area contributed by atoms with E-state index in [4.69, 9.17) is 4.74 Å². The second-order valence-electron chi connectivity index (χ2n) is 8.96. The van der Waals surface area contributed by atoms with E-state index in [0.717, 1.165) is 25.7 Å². The van der Waals surface area contributed by atoms with Crippen molar-refractivity contribution < 1.29 is 17.9 Å². The molecule has 32 heavy (non-hydrogen) atoms. The molecular formula is C24H23F3N4O. The summed E-state index contributed by atoms with van der Waals surface area (Å²) in [6, 6.07) is 7.82. The quantitative estimate of drug-likeness (QED) is 0.605. The van der Waals surface area contributed by atoms with E-state index >= 15 is 0 Å². The van der Waals surface area contributed by atoms with Crippen LogP contribution in [0.1, 0.15) is 31.1 Å². The number of aromatic nitrogens is 2. The summed E-state index contributed by atoms with van der Waals surface area (Å²) in [4.78, 5) is 8.55. The smallest absolute Gasteiger partial charge is 0.168 e. The summed E-state index contributed by atoms with van der Waals surface area (Å²) < 4.78 is 49.3. The Balaban J connectivity index is 1.58. The van der Waals surface area contributed by atoms with Crippen molar-refractivity contribution in [3.63, 3.8) is 0 Å². The Morgan fingerprint density at radius 1 is 1.00 bits per heavy atom.